The van der Waals surface area contributed by atoms with Crippen molar-refractivity contribution in [1.82, 2.24) is 5.32 Å². The maximum Gasteiger partial charge on any atom is 0.257 e. The van der Waals surface area contributed by atoms with Gasteiger partial charge in [0, 0.05) is 36.1 Å². The zero-order valence-electron chi connectivity index (χ0n) is 14.6. The number of rotatable bonds is 6. The van der Waals surface area contributed by atoms with Gasteiger partial charge in [-0.1, -0.05) is 23.7 Å². The number of hydrogen-bond acceptors (Lipinski definition) is 3. The summed E-state index contributed by atoms with van der Waals surface area (Å²) >= 11 is 5.89. The Kier molecular flexibility index (Phi) is 5.78. The summed E-state index contributed by atoms with van der Waals surface area (Å²) in [6.07, 6.45) is 0.418. The average molecular weight is 373 g/mol. The lowest BCUT2D eigenvalue weighted by Crippen LogP contribution is -2.34. The summed E-state index contributed by atoms with van der Waals surface area (Å²) in [7, 11) is 0. The molecular formula is C20H21ClN2O3. The largest absolute Gasteiger partial charge is 0.484 e. The topological polar surface area (TPSA) is 58.6 Å². The van der Waals surface area contributed by atoms with Gasteiger partial charge in [0.05, 0.1) is 0 Å². The summed E-state index contributed by atoms with van der Waals surface area (Å²) in [5.74, 6) is 0.623. The fourth-order valence-electron chi connectivity index (χ4n) is 2.95. The smallest absolute Gasteiger partial charge is 0.257 e. The Morgan fingerprint density at radius 1 is 1.27 bits per heavy atom. The van der Waals surface area contributed by atoms with Crippen LogP contribution in [0.5, 0.6) is 5.75 Å². The van der Waals surface area contributed by atoms with Crippen LogP contribution in [0.25, 0.3) is 0 Å². The van der Waals surface area contributed by atoms with Gasteiger partial charge in [0.15, 0.2) is 6.61 Å². The molecule has 0 aliphatic carbocycles. The number of ether oxygens (including phenoxy) is 1. The molecule has 1 aliphatic rings. The molecule has 2 amide bonds. The van der Waals surface area contributed by atoms with E-state index in [0.29, 0.717) is 30.3 Å². The van der Waals surface area contributed by atoms with Crippen molar-refractivity contribution in [3.8, 4) is 5.75 Å². The molecule has 1 saturated heterocycles. The quantitative estimate of drug-likeness (QED) is 0.847. The van der Waals surface area contributed by atoms with Gasteiger partial charge in [0.2, 0.25) is 5.91 Å². The first-order valence-corrected chi connectivity index (χ1v) is 8.91. The van der Waals surface area contributed by atoms with E-state index >= 15 is 0 Å². The molecule has 1 atom stereocenters. The van der Waals surface area contributed by atoms with Gasteiger partial charge in [-0.05, 0) is 48.9 Å². The van der Waals surface area contributed by atoms with Crippen LogP contribution < -0.4 is 15.0 Å². The molecule has 26 heavy (non-hydrogen) atoms. The molecule has 1 fully saturated rings. The molecule has 1 aliphatic heterocycles. The second kappa shape index (κ2) is 8.23. The Bertz CT molecular complexity index is 792. The highest BCUT2D eigenvalue weighted by atomic mass is 35.5. The van der Waals surface area contributed by atoms with Crippen LogP contribution in [-0.4, -0.2) is 31.5 Å². The van der Waals surface area contributed by atoms with Crippen LogP contribution in [0.4, 0.5) is 5.69 Å². The third-order valence-corrected chi connectivity index (χ3v) is 4.54. The summed E-state index contributed by atoms with van der Waals surface area (Å²) < 4.78 is 5.48. The van der Waals surface area contributed by atoms with Crippen molar-refractivity contribution in [2.24, 2.45) is 5.92 Å². The molecule has 2 aromatic carbocycles. The van der Waals surface area contributed by atoms with Gasteiger partial charge in [-0.2, -0.15) is 0 Å². The molecule has 1 N–H and O–H groups in total. The molecule has 136 valence electrons. The Morgan fingerprint density at radius 2 is 2.04 bits per heavy atom. The maximum atomic E-state index is 12.2. The fourth-order valence-corrected chi connectivity index (χ4v) is 3.08. The Hall–Kier alpha value is -2.53. The van der Waals surface area contributed by atoms with Crippen molar-refractivity contribution in [3.63, 3.8) is 0 Å². The van der Waals surface area contributed by atoms with E-state index in [2.05, 4.69) is 5.32 Å². The first-order valence-electron chi connectivity index (χ1n) is 8.53. The van der Waals surface area contributed by atoms with Crippen molar-refractivity contribution in [3.05, 3.63) is 59.1 Å². The molecule has 1 unspecified atom stereocenters. The van der Waals surface area contributed by atoms with Gasteiger partial charge in [-0.3, -0.25) is 9.59 Å². The first-order chi connectivity index (χ1) is 12.5. The van der Waals surface area contributed by atoms with E-state index in [9.17, 15) is 9.59 Å². The van der Waals surface area contributed by atoms with Gasteiger partial charge < -0.3 is 15.0 Å². The van der Waals surface area contributed by atoms with E-state index in [0.717, 1.165) is 11.3 Å². The minimum absolute atomic E-state index is 0.0367. The molecule has 6 heteroatoms. The number of amides is 2. The molecule has 1 heterocycles. The number of anilines is 1. The highest BCUT2D eigenvalue weighted by Crippen LogP contribution is 2.25. The molecule has 0 spiro atoms. The van der Waals surface area contributed by atoms with Crippen LogP contribution in [0.15, 0.2) is 48.5 Å². The zero-order chi connectivity index (χ0) is 18.5. The van der Waals surface area contributed by atoms with Crippen LogP contribution >= 0.6 is 11.6 Å². The minimum Gasteiger partial charge on any atom is -0.484 e. The first kappa shape index (κ1) is 18.3. The second-order valence-electron chi connectivity index (χ2n) is 6.46. The summed E-state index contributed by atoms with van der Waals surface area (Å²) in [5, 5.41) is 3.48. The van der Waals surface area contributed by atoms with Crippen LogP contribution in [0, 0.1) is 12.8 Å². The predicted molar refractivity (Wildman–Crippen MR) is 102 cm³/mol. The highest BCUT2D eigenvalue weighted by Gasteiger charge is 2.30. The Morgan fingerprint density at radius 3 is 2.77 bits per heavy atom. The lowest BCUT2D eigenvalue weighted by Gasteiger charge is -2.17. The molecule has 2 aromatic rings. The van der Waals surface area contributed by atoms with Gasteiger partial charge in [0.1, 0.15) is 5.75 Å². The van der Waals surface area contributed by atoms with E-state index < -0.39 is 0 Å². The summed E-state index contributed by atoms with van der Waals surface area (Å²) in [6.45, 7) is 2.97. The van der Waals surface area contributed by atoms with E-state index in [4.69, 9.17) is 16.3 Å². The SMILES string of the molecule is Cc1cccc(OCC(=O)NCC2CC(=O)N(c3ccc(Cl)cc3)C2)c1. The number of benzene rings is 2. The van der Waals surface area contributed by atoms with Gasteiger partial charge in [-0.25, -0.2) is 0 Å². The molecule has 5 nitrogen and oxygen atoms in total. The normalized spacial score (nSPS) is 16.6. The van der Waals surface area contributed by atoms with Crippen molar-refractivity contribution >= 4 is 29.1 Å². The predicted octanol–water partition coefficient (Wildman–Crippen LogP) is 3.20. The fraction of sp³-hybridized carbons (Fsp3) is 0.300. The van der Waals surface area contributed by atoms with Crippen LogP contribution in [0.2, 0.25) is 5.02 Å². The summed E-state index contributed by atoms with van der Waals surface area (Å²) in [4.78, 5) is 25.9. The van der Waals surface area contributed by atoms with Gasteiger partial charge >= 0.3 is 0 Å². The van der Waals surface area contributed by atoms with Gasteiger partial charge in [0.25, 0.3) is 5.91 Å². The number of carbonyl (C=O) groups excluding carboxylic acids is 2. The minimum atomic E-state index is -0.191. The van der Waals surface area contributed by atoms with Gasteiger partial charge in [-0.15, -0.1) is 0 Å². The van der Waals surface area contributed by atoms with E-state index in [1.54, 1.807) is 17.0 Å². The van der Waals surface area contributed by atoms with Crippen LogP contribution in [0.3, 0.4) is 0 Å². The molecule has 0 saturated carbocycles. The van der Waals surface area contributed by atoms with E-state index in [1.165, 1.54) is 0 Å². The number of hydrogen-bond donors (Lipinski definition) is 1. The van der Waals surface area contributed by atoms with Crippen molar-refractivity contribution in [2.75, 3.05) is 24.6 Å². The number of carbonyl (C=O) groups is 2. The third kappa shape index (κ3) is 4.76. The lowest BCUT2D eigenvalue weighted by molar-refractivity contribution is -0.123. The summed E-state index contributed by atoms with van der Waals surface area (Å²) in [6, 6.07) is 14.7. The zero-order valence-corrected chi connectivity index (χ0v) is 15.3. The molecule has 3 rings (SSSR count). The van der Waals surface area contributed by atoms with Crippen molar-refractivity contribution in [2.45, 2.75) is 13.3 Å². The molecule has 0 aromatic heterocycles. The third-order valence-electron chi connectivity index (χ3n) is 4.29. The second-order valence-corrected chi connectivity index (χ2v) is 6.90. The molecular weight excluding hydrogens is 352 g/mol. The standard InChI is InChI=1S/C20H21ClN2O3/c1-14-3-2-4-18(9-14)26-13-19(24)22-11-15-10-20(25)23(12-15)17-7-5-16(21)6-8-17/h2-9,15H,10-13H2,1H3,(H,22,24). The average Bonchev–Trinajstić information content (AvgIpc) is 3.00. The Labute approximate surface area is 157 Å². The molecule has 0 bridgehead atoms. The lowest BCUT2D eigenvalue weighted by atomic mass is 10.1. The van der Waals surface area contributed by atoms with E-state index in [1.807, 2.05) is 43.3 Å². The number of nitrogens with zero attached hydrogens (tertiary/aromatic N) is 1. The van der Waals surface area contributed by atoms with E-state index in [-0.39, 0.29) is 24.3 Å². The highest BCUT2D eigenvalue weighted by molar-refractivity contribution is 6.30. The van der Waals surface area contributed by atoms with Crippen molar-refractivity contribution in [1.29, 1.82) is 0 Å². The monoisotopic (exact) mass is 372 g/mol. The van der Waals surface area contributed by atoms with Crippen LogP contribution in [0.1, 0.15) is 12.0 Å². The Balaban J connectivity index is 1.45. The summed E-state index contributed by atoms with van der Waals surface area (Å²) in [5.41, 5.74) is 1.91. The molecule has 0 radical (unpaired) electrons. The van der Waals surface area contributed by atoms with Crippen molar-refractivity contribution < 1.29 is 14.3 Å². The number of nitrogens with one attached hydrogen (secondary N) is 1. The van der Waals surface area contributed by atoms with Crippen LogP contribution in [-0.2, 0) is 9.59 Å². The maximum absolute atomic E-state index is 12.2. The number of halogens is 1. The number of aryl methyl sites for hydroxylation is 1.